The van der Waals surface area contributed by atoms with Crippen LogP contribution in [-0.4, -0.2) is 24.7 Å². The van der Waals surface area contributed by atoms with E-state index in [1.54, 1.807) is 19.4 Å². The fourth-order valence-corrected chi connectivity index (χ4v) is 1.53. The van der Waals surface area contributed by atoms with E-state index in [1.807, 2.05) is 12.1 Å². The number of nitrogens with zero attached hydrogens (tertiary/aromatic N) is 2. The Morgan fingerprint density at radius 3 is 2.88 bits per heavy atom. The van der Waals surface area contributed by atoms with Crippen LogP contribution in [0.4, 0.5) is 5.69 Å². The average molecular weight is 219 g/mol. The first-order valence-electron chi connectivity index (χ1n) is 5.41. The highest BCUT2D eigenvalue weighted by Crippen LogP contribution is 2.10. The monoisotopic (exact) mass is 219 g/mol. The Hall–Kier alpha value is -1.60. The quantitative estimate of drug-likeness (QED) is 0.796. The number of hydrogen-bond donors (Lipinski definition) is 1. The van der Waals surface area contributed by atoms with Crippen LogP contribution in [0, 0.1) is 11.3 Å². The molecule has 1 N–H and O–H groups in total. The molecule has 0 saturated carbocycles. The van der Waals surface area contributed by atoms with E-state index < -0.39 is 0 Å². The zero-order valence-corrected chi connectivity index (χ0v) is 9.73. The van der Waals surface area contributed by atoms with Gasteiger partial charge in [-0.25, -0.2) is 4.98 Å². The number of nitriles is 1. The predicted molar refractivity (Wildman–Crippen MR) is 63.1 cm³/mol. The number of nitrogens with one attached hydrogen (secondary N) is 1. The Balaban J connectivity index is 2.59. The maximum Gasteiger partial charge on any atom is 0.140 e. The van der Waals surface area contributed by atoms with Crippen LogP contribution in [0.2, 0.25) is 0 Å². The van der Waals surface area contributed by atoms with Crippen molar-refractivity contribution in [3.63, 3.8) is 0 Å². The van der Waals surface area contributed by atoms with Crippen molar-refractivity contribution >= 4 is 5.69 Å². The normalized spacial score (nSPS) is 11.8. The highest BCUT2D eigenvalue weighted by atomic mass is 16.5. The van der Waals surface area contributed by atoms with Gasteiger partial charge >= 0.3 is 0 Å². The van der Waals surface area contributed by atoms with E-state index in [2.05, 4.69) is 17.2 Å². The van der Waals surface area contributed by atoms with Crippen LogP contribution in [0.3, 0.4) is 0 Å². The SMILES string of the molecule is CCCC(COC)Nc1ccc(C#N)nc1. The first-order valence-corrected chi connectivity index (χ1v) is 5.41. The van der Waals surface area contributed by atoms with Gasteiger partial charge in [-0.3, -0.25) is 0 Å². The first kappa shape index (κ1) is 12.5. The smallest absolute Gasteiger partial charge is 0.140 e. The molecule has 0 bridgehead atoms. The van der Waals surface area contributed by atoms with Crippen molar-refractivity contribution < 1.29 is 4.74 Å². The van der Waals surface area contributed by atoms with Crippen molar-refractivity contribution in [2.75, 3.05) is 19.0 Å². The van der Waals surface area contributed by atoms with Crippen LogP contribution in [0.25, 0.3) is 0 Å². The lowest BCUT2D eigenvalue weighted by Crippen LogP contribution is -2.24. The molecule has 0 aromatic carbocycles. The standard InChI is InChI=1S/C12H17N3O/c1-3-4-12(9-16-2)15-11-6-5-10(7-13)14-8-11/h5-6,8,12,15H,3-4,9H2,1-2H3. The van der Waals surface area contributed by atoms with Crippen LogP contribution >= 0.6 is 0 Å². The summed E-state index contributed by atoms with van der Waals surface area (Å²) in [5.74, 6) is 0. The van der Waals surface area contributed by atoms with Crippen molar-refractivity contribution in [2.24, 2.45) is 0 Å². The molecule has 0 aliphatic carbocycles. The first-order chi connectivity index (χ1) is 7.80. The zero-order valence-electron chi connectivity index (χ0n) is 9.73. The number of anilines is 1. The summed E-state index contributed by atoms with van der Waals surface area (Å²) in [4.78, 5) is 4.01. The largest absolute Gasteiger partial charge is 0.383 e. The van der Waals surface area contributed by atoms with Gasteiger partial charge in [0.25, 0.3) is 0 Å². The summed E-state index contributed by atoms with van der Waals surface area (Å²) in [5, 5.41) is 12.0. The molecular weight excluding hydrogens is 202 g/mol. The molecule has 0 fully saturated rings. The Labute approximate surface area is 96.3 Å². The van der Waals surface area contributed by atoms with Gasteiger partial charge in [-0.15, -0.1) is 0 Å². The van der Waals surface area contributed by atoms with Gasteiger partial charge in [0, 0.05) is 13.2 Å². The lowest BCUT2D eigenvalue weighted by atomic mass is 10.1. The van der Waals surface area contributed by atoms with Gasteiger partial charge in [0.1, 0.15) is 11.8 Å². The molecule has 0 aliphatic heterocycles. The maximum absolute atomic E-state index is 8.63. The molecule has 0 amide bonds. The minimum Gasteiger partial charge on any atom is -0.383 e. The van der Waals surface area contributed by atoms with Crippen LogP contribution in [0.5, 0.6) is 0 Å². The van der Waals surface area contributed by atoms with Crippen molar-refractivity contribution in [1.29, 1.82) is 5.26 Å². The van der Waals surface area contributed by atoms with Gasteiger partial charge in [-0.05, 0) is 18.6 Å². The number of ether oxygens (including phenoxy) is 1. The van der Waals surface area contributed by atoms with Crippen LogP contribution < -0.4 is 5.32 Å². The fourth-order valence-electron chi connectivity index (χ4n) is 1.53. The second-order valence-electron chi connectivity index (χ2n) is 3.63. The Morgan fingerprint density at radius 1 is 1.56 bits per heavy atom. The third kappa shape index (κ3) is 3.87. The van der Waals surface area contributed by atoms with Crippen molar-refractivity contribution in [1.82, 2.24) is 4.98 Å². The Kier molecular flexibility index (Phi) is 5.30. The summed E-state index contributed by atoms with van der Waals surface area (Å²) in [5.41, 5.74) is 1.36. The summed E-state index contributed by atoms with van der Waals surface area (Å²) in [6, 6.07) is 5.86. The van der Waals surface area contributed by atoms with E-state index in [0.29, 0.717) is 18.3 Å². The molecule has 1 rings (SSSR count). The molecule has 16 heavy (non-hydrogen) atoms. The van der Waals surface area contributed by atoms with Crippen molar-refractivity contribution in [3.05, 3.63) is 24.0 Å². The molecule has 1 atom stereocenters. The highest BCUT2D eigenvalue weighted by molar-refractivity contribution is 5.43. The van der Waals surface area contributed by atoms with Crippen molar-refractivity contribution in [3.8, 4) is 6.07 Å². The van der Waals surface area contributed by atoms with Gasteiger partial charge in [0.05, 0.1) is 18.5 Å². The van der Waals surface area contributed by atoms with Gasteiger partial charge in [0.15, 0.2) is 0 Å². The van der Waals surface area contributed by atoms with Crippen molar-refractivity contribution in [2.45, 2.75) is 25.8 Å². The van der Waals surface area contributed by atoms with Gasteiger partial charge < -0.3 is 10.1 Å². The summed E-state index contributed by atoms with van der Waals surface area (Å²) in [6.45, 7) is 2.81. The number of rotatable bonds is 6. The maximum atomic E-state index is 8.63. The van der Waals surface area contributed by atoms with E-state index in [0.717, 1.165) is 18.5 Å². The zero-order chi connectivity index (χ0) is 11.8. The summed E-state index contributed by atoms with van der Waals surface area (Å²) in [7, 11) is 1.70. The molecule has 1 heterocycles. The third-order valence-electron chi connectivity index (χ3n) is 2.25. The Morgan fingerprint density at radius 2 is 2.38 bits per heavy atom. The molecule has 0 radical (unpaired) electrons. The topological polar surface area (TPSA) is 57.9 Å². The molecule has 4 nitrogen and oxygen atoms in total. The lowest BCUT2D eigenvalue weighted by Gasteiger charge is -2.18. The molecule has 0 saturated heterocycles. The van der Waals surface area contributed by atoms with E-state index in [-0.39, 0.29) is 0 Å². The summed E-state index contributed by atoms with van der Waals surface area (Å²) >= 11 is 0. The third-order valence-corrected chi connectivity index (χ3v) is 2.25. The average Bonchev–Trinajstić information content (AvgIpc) is 2.31. The molecule has 0 spiro atoms. The summed E-state index contributed by atoms with van der Waals surface area (Å²) in [6.07, 6.45) is 3.83. The molecule has 1 aromatic rings. The van der Waals surface area contributed by atoms with E-state index in [4.69, 9.17) is 10.00 Å². The number of aromatic nitrogens is 1. The fraction of sp³-hybridized carbons (Fsp3) is 0.500. The number of hydrogen-bond acceptors (Lipinski definition) is 4. The minimum atomic E-state index is 0.296. The van der Waals surface area contributed by atoms with Gasteiger partial charge in [-0.2, -0.15) is 5.26 Å². The predicted octanol–water partition coefficient (Wildman–Crippen LogP) is 2.18. The second-order valence-corrected chi connectivity index (χ2v) is 3.63. The minimum absolute atomic E-state index is 0.296. The number of methoxy groups -OCH3 is 1. The van der Waals surface area contributed by atoms with E-state index in [1.165, 1.54) is 0 Å². The summed E-state index contributed by atoms with van der Waals surface area (Å²) < 4.78 is 5.14. The van der Waals surface area contributed by atoms with Crippen LogP contribution in [0.1, 0.15) is 25.5 Å². The molecule has 1 aromatic heterocycles. The molecule has 0 aliphatic rings. The van der Waals surface area contributed by atoms with Crippen LogP contribution in [0.15, 0.2) is 18.3 Å². The molecular formula is C12H17N3O. The lowest BCUT2D eigenvalue weighted by molar-refractivity contribution is 0.182. The second kappa shape index (κ2) is 6.81. The Bertz CT molecular complexity index is 336. The van der Waals surface area contributed by atoms with Gasteiger partial charge in [0.2, 0.25) is 0 Å². The molecule has 4 heteroatoms. The molecule has 86 valence electrons. The highest BCUT2D eigenvalue weighted by Gasteiger charge is 2.06. The molecule has 1 unspecified atom stereocenters. The van der Waals surface area contributed by atoms with Crippen LogP contribution in [-0.2, 0) is 4.74 Å². The van der Waals surface area contributed by atoms with E-state index in [9.17, 15) is 0 Å². The number of pyridine rings is 1. The van der Waals surface area contributed by atoms with Gasteiger partial charge in [-0.1, -0.05) is 13.3 Å². The van der Waals surface area contributed by atoms with E-state index >= 15 is 0 Å².